The Hall–Kier alpha value is 0.0200. The molecular formula is C10H16BrNO4S. The van der Waals surface area contributed by atoms with Gasteiger partial charge in [-0.25, -0.2) is 8.42 Å². The molecule has 4 atom stereocenters. The van der Waals surface area contributed by atoms with Gasteiger partial charge >= 0.3 is 0 Å². The van der Waals surface area contributed by atoms with E-state index in [0.29, 0.717) is 6.42 Å². The zero-order chi connectivity index (χ0) is 13.3. The van der Waals surface area contributed by atoms with Crippen molar-refractivity contribution in [1.29, 1.82) is 0 Å². The molecule has 5 nitrogen and oxygen atoms in total. The molecule has 2 aliphatic rings. The molecule has 17 heavy (non-hydrogen) atoms. The van der Waals surface area contributed by atoms with E-state index in [1.54, 1.807) is 13.8 Å². The van der Waals surface area contributed by atoms with Crippen LogP contribution in [-0.2, 0) is 14.9 Å². The van der Waals surface area contributed by atoms with Gasteiger partial charge in [0, 0.05) is 22.5 Å². The maximum atomic E-state index is 12.3. The van der Waals surface area contributed by atoms with Crippen LogP contribution in [0, 0.1) is 16.7 Å². The lowest BCUT2D eigenvalue weighted by molar-refractivity contribution is -0.430. The lowest BCUT2D eigenvalue weighted by atomic mass is 9.70. The van der Waals surface area contributed by atoms with Crippen LogP contribution >= 0.6 is 15.9 Å². The number of ketones is 1. The van der Waals surface area contributed by atoms with Gasteiger partial charge in [-0.1, -0.05) is 13.8 Å². The van der Waals surface area contributed by atoms with Crippen molar-refractivity contribution in [2.45, 2.75) is 31.1 Å². The fourth-order valence-corrected chi connectivity index (χ4v) is 6.20. The van der Waals surface area contributed by atoms with E-state index in [0.717, 1.165) is 6.42 Å². The highest BCUT2D eigenvalue weighted by Gasteiger charge is 2.75. The molecule has 0 aromatic rings. The Kier molecular flexibility index (Phi) is 2.62. The molecule has 0 radical (unpaired) electrons. The second-order valence-corrected chi connectivity index (χ2v) is 8.55. The van der Waals surface area contributed by atoms with E-state index in [4.69, 9.17) is 0 Å². The van der Waals surface area contributed by atoms with Gasteiger partial charge in [-0.2, -0.15) is 0 Å². The molecule has 0 saturated heterocycles. The molecular weight excluding hydrogens is 310 g/mol. The number of hydrogen-bond donors (Lipinski definition) is 1. The van der Waals surface area contributed by atoms with Crippen LogP contribution in [0.15, 0.2) is 0 Å². The maximum absolute atomic E-state index is 12.3. The van der Waals surface area contributed by atoms with E-state index in [1.165, 1.54) is 0 Å². The highest BCUT2D eigenvalue weighted by molar-refractivity contribution is 9.10. The van der Waals surface area contributed by atoms with Crippen molar-refractivity contribution in [2.75, 3.05) is 5.75 Å². The molecule has 3 N–H and O–H groups in total. The minimum absolute atomic E-state index is 0.0765. The molecule has 2 saturated carbocycles. The highest BCUT2D eigenvalue weighted by atomic mass is 79.9. The Morgan fingerprint density at radius 3 is 2.41 bits per heavy atom. The maximum Gasteiger partial charge on any atom is 0.212 e. The Morgan fingerprint density at radius 2 is 2.06 bits per heavy atom. The van der Waals surface area contributed by atoms with Crippen LogP contribution in [-0.4, -0.2) is 29.0 Å². The number of hydrogen-bond acceptors (Lipinski definition) is 4. The lowest BCUT2D eigenvalue weighted by Gasteiger charge is -2.36. The Balaban J connectivity index is 2.54. The largest absolute Gasteiger partial charge is 0.748 e. The van der Waals surface area contributed by atoms with E-state index in [-0.39, 0.29) is 11.7 Å². The van der Waals surface area contributed by atoms with Gasteiger partial charge in [0.15, 0.2) is 0 Å². The number of Topliss-reactive ketones (excluding diaryl/α,β-unsaturated/α-hetero) is 1. The molecule has 98 valence electrons. The number of rotatable bonds is 2. The summed E-state index contributed by atoms with van der Waals surface area (Å²) >= 11 is 3.33. The van der Waals surface area contributed by atoms with Crippen molar-refractivity contribution in [3.05, 3.63) is 0 Å². The molecule has 0 amide bonds. The number of carbonyl (C=O) groups excluding carboxylic acids is 1. The van der Waals surface area contributed by atoms with Crippen LogP contribution in [0.5, 0.6) is 0 Å². The van der Waals surface area contributed by atoms with Crippen LogP contribution in [0.2, 0.25) is 0 Å². The zero-order valence-electron chi connectivity index (χ0n) is 9.82. The summed E-state index contributed by atoms with van der Waals surface area (Å²) in [5.74, 6) is -0.765. The van der Waals surface area contributed by atoms with E-state index >= 15 is 0 Å². The number of carbonyl (C=O) groups is 1. The third-order valence-corrected chi connectivity index (χ3v) is 6.74. The van der Waals surface area contributed by atoms with Gasteiger partial charge in [-0.05, 0) is 28.8 Å². The van der Waals surface area contributed by atoms with Crippen molar-refractivity contribution in [1.82, 2.24) is 0 Å². The average Bonchev–Trinajstić information content (AvgIpc) is 2.39. The Morgan fingerprint density at radius 1 is 1.53 bits per heavy atom. The highest BCUT2D eigenvalue weighted by Crippen LogP contribution is 2.67. The van der Waals surface area contributed by atoms with Crippen LogP contribution in [0.1, 0.15) is 26.7 Å². The second kappa shape index (κ2) is 3.31. The van der Waals surface area contributed by atoms with Gasteiger partial charge in [0.2, 0.25) is 10.2 Å². The van der Waals surface area contributed by atoms with Gasteiger partial charge in [-0.3, -0.25) is 4.79 Å². The van der Waals surface area contributed by atoms with Gasteiger partial charge in [0.25, 0.3) is 0 Å². The minimum Gasteiger partial charge on any atom is -0.748 e. The molecule has 0 aromatic carbocycles. The molecule has 2 fully saturated rings. The average molecular weight is 326 g/mol. The van der Waals surface area contributed by atoms with Crippen LogP contribution in [0.3, 0.4) is 0 Å². The molecule has 0 aromatic heterocycles. The summed E-state index contributed by atoms with van der Waals surface area (Å²) < 4.78 is 32.3. The van der Waals surface area contributed by atoms with Gasteiger partial charge in [0.1, 0.15) is 0 Å². The van der Waals surface area contributed by atoms with Crippen molar-refractivity contribution in [3.63, 3.8) is 0 Å². The molecule has 0 heterocycles. The third-order valence-electron chi connectivity index (χ3n) is 4.87. The first kappa shape index (κ1) is 13.5. The number of alkyl halides is 1. The summed E-state index contributed by atoms with van der Waals surface area (Å²) in [6, 6.07) is 0. The molecule has 2 rings (SSSR count). The van der Waals surface area contributed by atoms with Gasteiger partial charge in [0.05, 0.1) is 10.1 Å². The third kappa shape index (κ3) is 1.55. The molecule has 0 spiro atoms. The monoisotopic (exact) mass is 325 g/mol. The summed E-state index contributed by atoms with van der Waals surface area (Å²) in [7, 11) is -4.35. The van der Waals surface area contributed by atoms with Crippen molar-refractivity contribution in [2.24, 2.45) is 16.7 Å². The van der Waals surface area contributed by atoms with E-state index < -0.39 is 31.1 Å². The first-order valence-electron chi connectivity index (χ1n) is 5.48. The smallest absolute Gasteiger partial charge is 0.212 e. The fourth-order valence-electron chi connectivity index (χ4n) is 3.77. The van der Waals surface area contributed by atoms with Gasteiger partial charge in [-0.15, -0.1) is 0 Å². The van der Waals surface area contributed by atoms with E-state index in [2.05, 4.69) is 21.7 Å². The number of quaternary nitrogens is 1. The van der Waals surface area contributed by atoms with Crippen molar-refractivity contribution in [3.8, 4) is 0 Å². The molecule has 7 heteroatoms. The Bertz CT molecular complexity index is 489. The second-order valence-electron chi connectivity index (χ2n) is 5.73. The molecule has 4 unspecified atom stereocenters. The normalized spacial score (nSPS) is 49.9. The first-order valence-corrected chi connectivity index (χ1v) is 7.85. The van der Waals surface area contributed by atoms with Crippen LogP contribution < -0.4 is 5.73 Å². The van der Waals surface area contributed by atoms with Gasteiger partial charge < -0.3 is 10.3 Å². The minimum atomic E-state index is -4.35. The quantitative estimate of drug-likeness (QED) is 0.434. The number of fused-ring (bicyclic) bond motifs is 2. The van der Waals surface area contributed by atoms with E-state index in [9.17, 15) is 17.8 Å². The first-order chi connectivity index (χ1) is 7.45. The summed E-state index contributed by atoms with van der Waals surface area (Å²) in [5, 5.41) is 0. The predicted octanol–water partition coefficient (Wildman–Crippen LogP) is -0.130. The summed E-state index contributed by atoms with van der Waals surface area (Å²) in [6.07, 6.45) is 1.36. The fraction of sp³-hybridized carbons (Fsp3) is 0.900. The van der Waals surface area contributed by atoms with Crippen molar-refractivity contribution < 1.29 is 23.5 Å². The molecule has 2 bridgehead atoms. The Labute approximate surface area is 109 Å². The predicted molar refractivity (Wildman–Crippen MR) is 63.1 cm³/mol. The van der Waals surface area contributed by atoms with Crippen molar-refractivity contribution >= 4 is 31.8 Å². The standard InChI is InChI=1S/C10H16BrNO4S/c1-8-4-3-6(10(11,12)7(8)13)9(8,2)5-17(14,15)16/h6H,3-5,12H2,1-2H3,(H,14,15,16). The van der Waals surface area contributed by atoms with E-state index in [1.807, 2.05) is 0 Å². The van der Waals surface area contributed by atoms with Crippen LogP contribution in [0.25, 0.3) is 0 Å². The molecule has 0 aliphatic heterocycles. The zero-order valence-corrected chi connectivity index (χ0v) is 12.2. The topological polar surface area (TPSA) is 102 Å². The van der Waals surface area contributed by atoms with Crippen LogP contribution in [0.4, 0.5) is 0 Å². The summed E-state index contributed by atoms with van der Waals surface area (Å²) in [6.45, 7) is 3.49. The molecule has 2 aliphatic carbocycles. The lowest BCUT2D eigenvalue weighted by Crippen LogP contribution is -2.75. The summed E-state index contributed by atoms with van der Waals surface area (Å²) in [5.41, 5.74) is 2.30. The summed E-state index contributed by atoms with van der Waals surface area (Å²) in [4.78, 5) is 12.3. The number of halogens is 1. The SMILES string of the molecule is CC12CCC(C([NH3+])(Br)C1=O)C2(C)CS(=O)(=O)[O-].